The minimum absolute atomic E-state index is 0.118. The van der Waals surface area contributed by atoms with Gasteiger partial charge in [0.2, 0.25) is 0 Å². The lowest BCUT2D eigenvalue weighted by Crippen LogP contribution is -2.31. The zero-order chi connectivity index (χ0) is 12.7. The Morgan fingerprint density at radius 1 is 1.12 bits per heavy atom. The number of likely N-dealkylation sites (N-methyl/N-ethyl adjacent to an activating group) is 1. The van der Waals surface area contributed by atoms with Gasteiger partial charge in [0.05, 0.1) is 0 Å². The third kappa shape index (κ3) is 4.40. The van der Waals surface area contributed by atoms with Crippen molar-refractivity contribution in [3.8, 4) is 0 Å². The molecule has 0 spiro atoms. The lowest BCUT2D eigenvalue weighted by atomic mass is 10.2. The average molecular weight is 242 g/mol. The first-order chi connectivity index (χ1) is 8.19. The van der Waals surface area contributed by atoms with Gasteiger partial charge in [0.1, 0.15) is 11.6 Å². The van der Waals surface area contributed by atoms with E-state index in [1.54, 1.807) is 0 Å². The summed E-state index contributed by atoms with van der Waals surface area (Å²) in [5, 5.41) is 3.06. The fourth-order valence-corrected chi connectivity index (χ4v) is 1.69. The molecule has 0 amide bonds. The highest BCUT2D eigenvalue weighted by Gasteiger charge is 2.07. The molecule has 0 radical (unpaired) electrons. The SMILES string of the molecule is CCN(CC)CCNCc1c(F)cccc1F. The minimum Gasteiger partial charge on any atom is -0.311 e. The van der Waals surface area contributed by atoms with Gasteiger partial charge in [0.25, 0.3) is 0 Å². The molecule has 17 heavy (non-hydrogen) atoms. The molecule has 0 unspecified atom stereocenters. The zero-order valence-corrected chi connectivity index (χ0v) is 10.5. The number of halogens is 2. The molecule has 0 saturated carbocycles. The largest absolute Gasteiger partial charge is 0.311 e. The van der Waals surface area contributed by atoms with Crippen LogP contribution >= 0.6 is 0 Å². The average Bonchev–Trinajstić information content (AvgIpc) is 2.32. The highest BCUT2D eigenvalue weighted by atomic mass is 19.1. The first kappa shape index (κ1) is 14.1. The van der Waals surface area contributed by atoms with E-state index < -0.39 is 11.6 Å². The van der Waals surface area contributed by atoms with Crippen molar-refractivity contribution < 1.29 is 8.78 Å². The maximum atomic E-state index is 13.3. The van der Waals surface area contributed by atoms with Crippen molar-refractivity contribution in [3.05, 3.63) is 35.4 Å². The van der Waals surface area contributed by atoms with E-state index >= 15 is 0 Å². The van der Waals surface area contributed by atoms with Gasteiger partial charge < -0.3 is 10.2 Å². The van der Waals surface area contributed by atoms with Gasteiger partial charge in [0.15, 0.2) is 0 Å². The van der Waals surface area contributed by atoms with E-state index in [1.807, 2.05) is 0 Å². The summed E-state index contributed by atoms with van der Waals surface area (Å²) in [4.78, 5) is 2.25. The van der Waals surface area contributed by atoms with Gasteiger partial charge in [-0.25, -0.2) is 8.78 Å². The second-order valence-electron chi connectivity index (χ2n) is 3.90. The van der Waals surface area contributed by atoms with Crippen molar-refractivity contribution >= 4 is 0 Å². The van der Waals surface area contributed by atoms with E-state index in [-0.39, 0.29) is 12.1 Å². The van der Waals surface area contributed by atoms with Crippen LogP contribution in [-0.4, -0.2) is 31.1 Å². The van der Waals surface area contributed by atoms with Gasteiger partial charge in [-0.1, -0.05) is 19.9 Å². The van der Waals surface area contributed by atoms with Crippen molar-refractivity contribution in [2.24, 2.45) is 0 Å². The fourth-order valence-electron chi connectivity index (χ4n) is 1.69. The molecule has 0 fully saturated rings. The maximum Gasteiger partial charge on any atom is 0.130 e. The molecule has 1 aromatic rings. The van der Waals surface area contributed by atoms with Crippen molar-refractivity contribution in [3.63, 3.8) is 0 Å². The molecule has 1 rings (SSSR count). The number of hydrogen-bond acceptors (Lipinski definition) is 2. The van der Waals surface area contributed by atoms with Gasteiger partial charge >= 0.3 is 0 Å². The molecule has 0 aliphatic rings. The van der Waals surface area contributed by atoms with Gasteiger partial charge in [0, 0.05) is 25.2 Å². The summed E-state index contributed by atoms with van der Waals surface area (Å²) in [6, 6.07) is 3.94. The van der Waals surface area contributed by atoms with Crippen LogP contribution in [0.15, 0.2) is 18.2 Å². The summed E-state index contributed by atoms with van der Waals surface area (Å²) >= 11 is 0. The molecule has 1 N–H and O–H groups in total. The van der Waals surface area contributed by atoms with Gasteiger partial charge in [-0.2, -0.15) is 0 Å². The van der Waals surface area contributed by atoms with Crippen LogP contribution in [-0.2, 0) is 6.54 Å². The lowest BCUT2D eigenvalue weighted by molar-refractivity contribution is 0.301. The Morgan fingerprint density at radius 2 is 1.71 bits per heavy atom. The monoisotopic (exact) mass is 242 g/mol. The quantitative estimate of drug-likeness (QED) is 0.739. The van der Waals surface area contributed by atoms with E-state index in [2.05, 4.69) is 24.1 Å². The van der Waals surface area contributed by atoms with E-state index in [9.17, 15) is 8.78 Å². The molecule has 2 nitrogen and oxygen atoms in total. The van der Waals surface area contributed by atoms with Crippen molar-refractivity contribution in [2.45, 2.75) is 20.4 Å². The number of benzene rings is 1. The normalized spacial score (nSPS) is 11.1. The van der Waals surface area contributed by atoms with Crippen LogP contribution in [0.1, 0.15) is 19.4 Å². The Hall–Kier alpha value is -1.00. The molecule has 0 atom stereocenters. The molecular weight excluding hydrogens is 222 g/mol. The summed E-state index contributed by atoms with van der Waals surface area (Å²) in [5.74, 6) is -0.972. The van der Waals surface area contributed by atoms with Gasteiger partial charge in [-0.3, -0.25) is 0 Å². The molecule has 0 aliphatic heterocycles. The van der Waals surface area contributed by atoms with E-state index in [0.717, 1.165) is 26.2 Å². The number of nitrogens with zero attached hydrogens (tertiary/aromatic N) is 1. The molecule has 1 aromatic carbocycles. The maximum absolute atomic E-state index is 13.3. The van der Waals surface area contributed by atoms with Gasteiger partial charge in [-0.15, -0.1) is 0 Å². The summed E-state index contributed by atoms with van der Waals surface area (Å²) in [6.45, 7) is 8.04. The van der Waals surface area contributed by atoms with E-state index in [0.29, 0.717) is 0 Å². The predicted octanol–water partition coefficient (Wildman–Crippen LogP) is 2.40. The van der Waals surface area contributed by atoms with Crippen molar-refractivity contribution in [1.82, 2.24) is 10.2 Å². The Labute approximate surface area is 102 Å². The standard InChI is InChI=1S/C13H20F2N2/c1-3-17(4-2)9-8-16-10-11-12(14)6-5-7-13(11)15/h5-7,16H,3-4,8-10H2,1-2H3. The summed E-state index contributed by atoms with van der Waals surface area (Å²) in [7, 11) is 0. The lowest BCUT2D eigenvalue weighted by Gasteiger charge is -2.18. The number of rotatable bonds is 7. The second-order valence-corrected chi connectivity index (χ2v) is 3.90. The van der Waals surface area contributed by atoms with Crippen LogP contribution < -0.4 is 5.32 Å². The smallest absolute Gasteiger partial charge is 0.130 e. The number of nitrogens with one attached hydrogen (secondary N) is 1. The topological polar surface area (TPSA) is 15.3 Å². The molecule has 0 heterocycles. The van der Waals surface area contributed by atoms with E-state index in [4.69, 9.17) is 0 Å². The van der Waals surface area contributed by atoms with Crippen LogP contribution in [0.3, 0.4) is 0 Å². The van der Waals surface area contributed by atoms with Crippen LogP contribution in [0.25, 0.3) is 0 Å². The molecule has 0 saturated heterocycles. The summed E-state index contributed by atoms with van der Waals surface area (Å²) in [5.41, 5.74) is 0.118. The summed E-state index contributed by atoms with van der Waals surface area (Å²) in [6.07, 6.45) is 0. The third-order valence-corrected chi connectivity index (χ3v) is 2.86. The predicted molar refractivity (Wildman–Crippen MR) is 65.9 cm³/mol. The molecule has 0 aromatic heterocycles. The first-order valence-corrected chi connectivity index (χ1v) is 6.05. The minimum atomic E-state index is -0.486. The van der Waals surface area contributed by atoms with Crippen LogP contribution in [0.2, 0.25) is 0 Å². The Bertz CT molecular complexity index is 318. The van der Waals surface area contributed by atoms with Crippen LogP contribution in [0, 0.1) is 11.6 Å². The third-order valence-electron chi connectivity index (χ3n) is 2.86. The molecule has 4 heteroatoms. The highest BCUT2D eigenvalue weighted by Crippen LogP contribution is 2.11. The van der Waals surface area contributed by atoms with Crippen molar-refractivity contribution in [1.29, 1.82) is 0 Å². The second kappa shape index (κ2) is 7.35. The van der Waals surface area contributed by atoms with Crippen molar-refractivity contribution in [2.75, 3.05) is 26.2 Å². The van der Waals surface area contributed by atoms with E-state index in [1.165, 1.54) is 18.2 Å². The van der Waals surface area contributed by atoms with Crippen LogP contribution in [0.5, 0.6) is 0 Å². The summed E-state index contributed by atoms with van der Waals surface area (Å²) < 4.78 is 26.6. The number of hydrogen-bond donors (Lipinski definition) is 1. The Balaban J connectivity index is 2.36. The van der Waals surface area contributed by atoms with Crippen LogP contribution in [0.4, 0.5) is 8.78 Å². The zero-order valence-electron chi connectivity index (χ0n) is 10.5. The molecule has 0 bridgehead atoms. The Kier molecular flexibility index (Phi) is 6.08. The molecule has 0 aliphatic carbocycles. The Morgan fingerprint density at radius 3 is 2.24 bits per heavy atom. The highest BCUT2D eigenvalue weighted by molar-refractivity contribution is 5.19. The van der Waals surface area contributed by atoms with Gasteiger partial charge in [-0.05, 0) is 25.2 Å². The first-order valence-electron chi connectivity index (χ1n) is 6.05. The fraction of sp³-hybridized carbons (Fsp3) is 0.538. The molecule has 96 valence electrons. The molecular formula is C13H20F2N2.